The van der Waals surface area contributed by atoms with Gasteiger partial charge in [0, 0.05) is 30.9 Å². The predicted molar refractivity (Wildman–Crippen MR) is 115 cm³/mol. The Kier molecular flexibility index (Phi) is 6.36. The number of aliphatic hydroxyl groups is 1. The fraction of sp³-hybridized carbons (Fsp3) is 0.429. The number of piperidine rings is 1. The van der Waals surface area contributed by atoms with Crippen LogP contribution in [-0.4, -0.2) is 43.5 Å². The fourth-order valence-electron chi connectivity index (χ4n) is 3.64. The molecule has 4 rings (SSSR count). The molecule has 1 aliphatic rings. The van der Waals surface area contributed by atoms with E-state index in [2.05, 4.69) is 51.2 Å². The minimum atomic E-state index is -0.165. The molecule has 7 heteroatoms. The van der Waals surface area contributed by atoms with Crippen molar-refractivity contribution in [2.45, 2.75) is 45.0 Å². The molecule has 3 heterocycles. The van der Waals surface area contributed by atoms with Crippen molar-refractivity contribution in [3.63, 3.8) is 0 Å². The standard InChI is InChI=1S/C21H26N4OS2/c26-18-9-11-23(12-10-18)16-25-21(27)24(13-8-17-5-2-1-3-6-17)20(22-25)15-19-7-4-14-28-19/h1-7,14,18,26H,8-13,15-16H2. The molecule has 28 heavy (non-hydrogen) atoms. The summed E-state index contributed by atoms with van der Waals surface area (Å²) >= 11 is 7.56. The molecule has 0 aliphatic carbocycles. The number of aryl methyl sites for hydroxylation is 1. The molecule has 1 saturated heterocycles. The third-order valence-corrected chi connectivity index (χ3v) is 6.58. The van der Waals surface area contributed by atoms with E-state index in [0.29, 0.717) is 6.67 Å². The molecular formula is C21H26N4OS2. The smallest absolute Gasteiger partial charge is 0.199 e. The summed E-state index contributed by atoms with van der Waals surface area (Å²) in [6.45, 7) is 3.31. The van der Waals surface area contributed by atoms with Gasteiger partial charge in [0.1, 0.15) is 5.82 Å². The zero-order valence-corrected chi connectivity index (χ0v) is 17.5. The van der Waals surface area contributed by atoms with Crippen LogP contribution < -0.4 is 0 Å². The highest BCUT2D eigenvalue weighted by molar-refractivity contribution is 7.71. The van der Waals surface area contributed by atoms with Crippen LogP contribution in [0.2, 0.25) is 0 Å². The third-order valence-electron chi connectivity index (χ3n) is 5.27. The van der Waals surface area contributed by atoms with E-state index >= 15 is 0 Å². The molecule has 0 radical (unpaired) electrons. The molecule has 5 nitrogen and oxygen atoms in total. The van der Waals surface area contributed by atoms with Crippen LogP contribution >= 0.6 is 23.6 Å². The molecular weight excluding hydrogens is 388 g/mol. The Bertz CT molecular complexity index is 925. The molecule has 0 spiro atoms. The molecule has 1 aromatic carbocycles. The summed E-state index contributed by atoms with van der Waals surface area (Å²) in [5, 5.41) is 16.7. The number of aromatic nitrogens is 3. The van der Waals surface area contributed by atoms with Crippen LogP contribution in [0.25, 0.3) is 0 Å². The van der Waals surface area contributed by atoms with E-state index in [1.165, 1.54) is 10.4 Å². The van der Waals surface area contributed by atoms with Gasteiger partial charge in [0.05, 0.1) is 12.8 Å². The van der Waals surface area contributed by atoms with E-state index in [1.54, 1.807) is 11.3 Å². The van der Waals surface area contributed by atoms with Gasteiger partial charge in [-0.05, 0) is 48.5 Å². The summed E-state index contributed by atoms with van der Waals surface area (Å²) in [6, 6.07) is 14.8. The van der Waals surface area contributed by atoms with Crippen LogP contribution in [0.4, 0.5) is 0 Å². The quantitative estimate of drug-likeness (QED) is 0.599. The van der Waals surface area contributed by atoms with E-state index in [0.717, 1.165) is 55.9 Å². The maximum Gasteiger partial charge on any atom is 0.199 e. The lowest BCUT2D eigenvalue weighted by Crippen LogP contribution is -2.37. The molecule has 1 N–H and O–H groups in total. The van der Waals surface area contributed by atoms with Crippen LogP contribution in [-0.2, 0) is 26.1 Å². The van der Waals surface area contributed by atoms with Gasteiger partial charge in [-0.2, -0.15) is 5.10 Å². The molecule has 1 aliphatic heterocycles. The molecule has 0 amide bonds. The van der Waals surface area contributed by atoms with Gasteiger partial charge in [-0.25, -0.2) is 4.68 Å². The molecule has 148 valence electrons. The summed E-state index contributed by atoms with van der Waals surface area (Å²) in [4.78, 5) is 3.63. The third kappa shape index (κ3) is 4.78. The normalized spacial score (nSPS) is 15.9. The number of hydrogen-bond acceptors (Lipinski definition) is 5. The van der Waals surface area contributed by atoms with Crippen molar-refractivity contribution < 1.29 is 5.11 Å². The van der Waals surface area contributed by atoms with Gasteiger partial charge in [-0.15, -0.1) is 11.3 Å². The van der Waals surface area contributed by atoms with Crippen molar-refractivity contribution in [3.8, 4) is 0 Å². The average molecular weight is 415 g/mol. The number of likely N-dealkylation sites (tertiary alicyclic amines) is 1. The largest absolute Gasteiger partial charge is 0.393 e. The molecule has 0 bridgehead atoms. The Balaban J connectivity index is 1.54. The minimum absolute atomic E-state index is 0.165. The summed E-state index contributed by atoms with van der Waals surface area (Å²) in [7, 11) is 0. The highest BCUT2D eigenvalue weighted by atomic mass is 32.1. The fourth-order valence-corrected chi connectivity index (χ4v) is 4.63. The van der Waals surface area contributed by atoms with E-state index in [9.17, 15) is 5.11 Å². The topological polar surface area (TPSA) is 46.2 Å². The monoisotopic (exact) mass is 414 g/mol. The Labute approximate surface area is 174 Å². The highest BCUT2D eigenvalue weighted by Gasteiger charge is 2.19. The Morgan fingerprint density at radius 1 is 1.11 bits per heavy atom. The molecule has 0 saturated carbocycles. The number of nitrogens with zero attached hydrogens (tertiary/aromatic N) is 4. The first-order valence-corrected chi connectivity index (χ1v) is 11.1. The van der Waals surface area contributed by atoms with Crippen LogP contribution in [0.5, 0.6) is 0 Å². The molecule has 2 aromatic heterocycles. The number of rotatable bonds is 7. The van der Waals surface area contributed by atoms with Gasteiger partial charge < -0.3 is 9.67 Å². The van der Waals surface area contributed by atoms with Crippen LogP contribution in [0.3, 0.4) is 0 Å². The Morgan fingerprint density at radius 2 is 1.89 bits per heavy atom. The van der Waals surface area contributed by atoms with Gasteiger partial charge in [0.2, 0.25) is 0 Å². The first kappa shape index (κ1) is 19.5. The van der Waals surface area contributed by atoms with Crippen molar-refractivity contribution in [1.82, 2.24) is 19.2 Å². The number of thiophene rings is 1. The first-order valence-electron chi connectivity index (χ1n) is 9.82. The molecule has 0 unspecified atom stereocenters. The Morgan fingerprint density at radius 3 is 2.61 bits per heavy atom. The summed E-state index contributed by atoms with van der Waals surface area (Å²) in [6.07, 6.45) is 3.23. The van der Waals surface area contributed by atoms with Gasteiger partial charge >= 0.3 is 0 Å². The van der Waals surface area contributed by atoms with Crippen molar-refractivity contribution >= 4 is 23.6 Å². The lowest BCUT2D eigenvalue weighted by molar-refractivity contribution is 0.0649. The lowest BCUT2D eigenvalue weighted by Gasteiger charge is -2.28. The second-order valence-electron chi connectivity index (χ2n) is 7.33. The van der Waals surface area contributed by atoms with E-state index in [1.807, 2.05) is 10.7 Å². The van der Waals surface area contributed by atoms with Crippen molar-refractivity contribution in [3.05, 3.63) is 68.9 Å². The summed E-state index contributed by atoms with van der Waals surface area (Å²) in [5.74, 6) is 1.03. The van der Waals surface area contributed by atoms with E-state index in [4.69, 9.17) is 17.3 Å². The van der Waals surface area contributed by atoms with Crippen LogP contribution in [0, 0.1) is 4.77 Å². The number of hydrogen-bond donors (Lipinski definition) is 1. The van der Waals surface area contributed by atoms with Crippen molar-refractivity contribution in [2.75, 3.05) is 13.1 Å². The van der Waals surface area contributed by atoms with Crippen LogP contribution in [0.1, 0.15) is 29.1 Å². The SMILES string of the molecule is OC1CCN(Cn2nc(Cc3cccs3)n(CCc3ccccc3)c2=S)CC1. The van der Waals surface area contributed by atoms with Crippen molar-refractivity contribution in [1.29, 1.82) is 0 Å². The number of aliphatic hydroxyl groups excluding tert-OH is 1. The first-order chi connectivity index (χ1) is 13.7. The molecule has 1 fully saturated rings. The molecule has 0 atom stereocenters. The second-order valence-corrected chi connectivity index (χ2v) is 8.73. The zero-order valence-electron chi connectivity index (χ0n) is 15.9. The van der Waals surface area contributed by atoms with Crippen molar-refractivity contribution in [2.24, 2.45) is 0 Å². The van der Waals surface area contributed by atoms with E-state index in [-0.39, 0.29) is 6.10 Å². The van der Waals surface area contributed by atoms with Crippen LogP contribution in [0.15, 0.2) is 47.8 Å². The van der Waals surface area contributed by atoms with Gasteiger partial charge in [-0.3, -0.25) is 4.90 Å². The van der Waals surface area contributed by atoms with Gasteiger partial charge in [0.15, 0.2) is 4.77 Å². The summed E-state index contributed by atoms with van der Waals surface area (Å²) < 4.78 is 4.94. The van der Waals surface area contributed by atoms with E-state index < -0.39 is 0 Å². The Hall–Kier alpha value is -1.80. The maximum atomic E-state index is 9.75. The van der Waals surface area contributed by atoms with Gasteiger partial charge in [0.25, 0.3) is 0 Å². The highest BCUT2D eigenvalue weighted by Crippen LogP contribution is 2.17. The minimum Gasteiger partial charge on any atom is -0.393 e. The predicted octanol–water partition coefficient (Wildman–Crippen LogP) is 3.72. The molecule has 3 aromatic rings. The lowest BCUT2D eigenvalue weighted by atomic mass is 10.1. The number of benzene rings is 1. The average Bonchev–Trinajstić information content (AvgIpc) is 3.32. The summed E-state index contributed by atoms with van der Waals surface area (Å²) in [5.41, 5.74) is 1.31. The maximum absolute atomic E-state index is 9.75. The second kappa shape index (κ2) is 9.13. The zero-order chi connectivity index (χ0) is 19.3. The van der Waals surface area contributed by atoms with Gasteiger partial charge in [-0.1, -0.05) is 36.4 Å².